The fourth-order valence-electron chi connectivity index (χ4n) is 7.17. The van der Waals surface area contributed by atoms with Crippen molar-refractivity contribution in [1.29, 1.82) is 0 Å². The van der Waals surface area contributed by atoms with Crippen LogP contribution in [-0.2, 0) is 28.7 Å². The lowest BCUT2D eigenvalue weighted by Gasteiger charge is -2.39. The molecule has 5 N–H and O–H groups in total. The Bertz CT molecular complexity index is 1200. The number of nitrogens with two attached hydrogens (primary N) is 1. The number of urea groups is 1. The van der Waals surface area contributed by atoms with Crippen LogP contribution in [0.3, 0.4) is 0 Å². The third-order valence-electron chi connectivity index (χ3n) is 10.1. The molecule has 12 nitrogen and oxygen atoms in total. The Morgan fingerprint density at radius 3 is 2.23 bits per heavy atom. The zero-order valence-corrected chi connectivity index (χ0v) is 26.7. The molecular weight excluding hydrogens is 566 g/mol. The van der Waals surface area contributed by atoms with Crippen LogP contribution in [-0.4, -0.2) is 77.2 Å². The van der Waals surface area contributed by atoms with E-state index in [1.807, 2.05) is 34.6 Å². The number of hydrogen-bond acceptors (Lipinski definition) is 7. The maximum absolute atomic E-state index is 14.2. The summed E-state index contributed by atoms with van der Waals surface area (Å²) in [7, 11) is 0. The summed E-state index contributed by atoms with van der Waals surface area (Å²) in [4.78, 5) is 80.4. The SMILES string of the molecule is C=CCOC(=O)C1(NC(=O)N[C@H](C(=O)N2C[C@H]3[C@@H]([C@H]2C(=O)NC(CC2CC2)C(=O)C(N)=O)C3(C)C)C(C)(C)C)CCCCC1. The summed E-state index contributed by atoms with van der Waals surface area (Å²) in [5.41, 5.74) is 3.13. The predicted octanol–water partition coefficient (Wildman–Crippen LogP) is 1.95. The Morgan fingerprint density at radius 1 is 1.05 bits per heavy atom. The molecule has 0 bridgehead atoms. The lowest BCUT2D eigenvalue weighted by molar-refractivity contribution is -0.151. The molecule has 244 valence electrons. The van der Waals surface area contributed by atoms with Gasteiger partial charge in [-0.3, -0.25) is 19.2 Å². The van der Waals surface area contributed by atoms with E-state index in [4.69, 9.17) is 10.5 Å². The minimum absolute atomic E-state index is 0.0244. The number of nitrogens with zero attached hydrogens (tertiary/aromatic N) is 1. The first-order valence-corrected chi connectivity index (χ1v) is 15.8. The molecule has 1 aliphatic heterocycles. The zero-order chi connectivity index (χ0) is 32.6. The molecule has 12 heteroatoms. The number of likely N-dealkylation sites (tertiary alicyclic amines) is 1. The molecule has 1 heterocycles. The smallest absolute Gasteiger partial charge is 0.332 e. The number of piperidine rings is 1. The highest BCUT2D eigenvalue weighted by Crippen LogP contribution is 2.65. The summed E-state index contributed by atoms with van der Waals surface area (Å²) in [5, 5.41) is 8.41. The van der Waals surface area contributed by atoms with E-state index in [9.17, 15) is 28.8 Å². The number of carbonyl (C=O) groups is 6. The van der Waals surface area contributed by atoms with Crippen molar-refractivity contribution in [2.45, 2.75) is 110 Å². The van der Waals surface area contributed by atoms with Crippen LogP contribution >= 0.6 is 0 Å². The van der Waals surface area contributed by atoms with Crippen molar-refractivity contribution in [3.8, 4) is 0 Å². The Labute approximate surface area is 259 Å². The summed E-state index contributed by atoms with van der Waals surface area (Å²) in [6.45, 7) is 13.5. The number of ether oxygens (including phenoxy) is 1. The maximum Gasteiger partial charge on any atom is 0.332 e. The number of Topliss-reactive ketones (excluding diaryl/α,β-unsaturated/α-hetero) is 1. The molecule has 0 aromatic rings. The summed E-state index contributed by atoms with van der Waals surface area (Å²) < 4.78 is 5.33. The van der Waals surface area contributed by atoms with Gasteiger partial charge >= 0.3 is 12.0 Å². The maximum atomic E-state index is 14.2. The molecule has 0 spiro atoms. The van der Waals surface area contributed by atoms with Gasteiger partial charge in [0.1, 0.15) is 24.2 Å². The van der Waals surface area contributed by atoms with E-state index < -0.39 is 64.6 Å². The molecule has 3 saturated carbocycles. The van der Waals surface area contributed by atoms with Gasteiger partial charge in [-0.15, -0.1) is 0 Å². The molecule has 3 aliphatic carbocycles. The van der Waals surface area contributed by atoms with Crippen molar-refractivity contribution < 1.29 is 33.5 Å². The minimum atomic E-state index is -1.21. The first kappa shape index (κ1) is 33.5. The van der Waals surface area contributed by atoms with E-state index in [1.54, 1.807) is 0 Å². The molecular formula is C32H49N5O7. The highest BCUT2D eigenvalue weighted by molar-refractivity contribution is 6.37. The molecule has 5 amide bonds. The summed E-state index contributed by atoms with van der Waals surface area (Å²) in [5.74, 6) is -3.25. The second-order valence-corrected chi connectivity index (χ2v) is 14.8. The van der Waals surface area contributed by atoms with E-state index in [-0.39, 0.29) is 29.8 Å². The zero-order valence-electron chi connectivity index (χ0n) is 26.7. The molecule has 0 aromatic carbocycles. The number of hydrogen-bond donors (Lipinski definition) is 4. The Hall–Kier alpha value is -3.44. The summed E-state index contributed by atoms with van der Waals surface area (Å²) in [6, 6.07) is -3.62. The largest absolute Gasteiger partial charge is 0.460 e. The van der Waals surface area contributed by atoms with Gasteiger partial charge in [0.25, 0.3) is 5.91 Å². The van der Waals surface area contributed by atoms with Crippen molar-refractivity contribution in [3.63, 3.8) is 0 Å². The first-order chi connectivity index (χ1) is 20.5. The van der Waals surface area contributed by atoms with Crippen LogP contribution in [0.4, 0.5) is 4.79 Å². The molecule has 0 radical (unpaired) electrons. The van der Waals surface area contributed by atoms with E-state index in [0.29, 0.717) is 25.8 Å². The number of ketones is 1. The quantitative estimate of drug-likeness (QED) is 0.147. The average molecular weight is 616 g/mol. The minimum Gasteiger partial charge on any atom is -0.460 e. The number of esters is 1. The summed E-state index contributed by atoms with van der Waals surface area (Å²) in [6.07, 6.45) is 6.89. The highest BCUT2D eigenvalue weighted by atomic mass is 16.5. The van der Waals surface area contributed by atoms with Gasteiger partial charge in [0.15, 0.2) is 0 Å². The number of rotatable bonds is 12. The van der Waals surface area contributed by atoms with Gasteiger partial charge in [0.05, 0.1) is 6.04 Å². The summed E-state index contributed by atoms with van der Waals surface area (Å²) >= 11 is 0. The second kappa shape index (κ2) is 12.5. The molecule has 0 aromatic heterocycles. The van der Waals surface area contributed by atoms with Crippen LogP contribution in [0.25, 0.3) is 0 Å². The number of amides is 5. The Morgan fingerprint density at radius 2 is 1.68 bits per heavy atom. The fraction of sp³-hybridized carbons (Fsp3) is 0.750. The molecule has 4 rings (SSSR count). The van der Waals surface area contributed by atoms with Crippen molar-refractivity contribution >= 4 is 35.5 Å². The Balaban J connectivity index is 1.53. The number of nitrogens with one attached hydrogen (secondary N) is 3. The van der Waals surface area contributed by atoms with E-state index in [1.165, 1.54) is 11.0 Å². The van der Waals surface area contributed by atoms with E-state index in [0.717, 1.165) is 32.1 Å². The van der Waals surface area contributed by atoms with Gasteiger partial charge in [-0.2, -0.15) is 0 Å². The van der Waals surface area contributed by atoms with Gasteiger partial charge in [-0.25, -0.2) is 9.59 Å². The van der Waals surface area contributed by atoms with Gasteiger partial charge < -0.3 is 31.3 Å². The van der Waals surface area contributed by atoms with Crippen LogP contribution in [0.2, 0.25) is 0 Å². The molecule has 4 fully saturated rings. The van der Waals surface area contributed by atoms with Crippen LogP contribution in [0.1, 0.15) is 86.0 Å². The molecule has 1 saturated heterocycles. The molecule has 5 atom stereocenters. The van der Waals surface area contributed by atoms with Crippen molar-refractivity contribution in [2.75, 3.05) is 13.2 Å². The topological polar surface area (TPSA) is 177 Å². The van der Waals surface area contributed by atoms with Crippen LogP contribution in [0.5, 0.6) is 0 Å². The van der Waals surface area contributed by atoms with Crippen molar-refractivity contribution in [3.05, 3.63) is 12.7 Å². The van der Waals surface area contributed by atoms with Crippen LogP contribution in [0.15, 0.2) is 12.7 Å². The number of primary amides is 1. The van der Waals surface area contributed by atoms with Crippen LogP contribution in [0, 0.1) is 28.6 Å². The van der Waals surface area contributed by atoms with Gasteiger partial charge in [0.2, 0.25) is 17.6 Å². The molecule has 1 unspecified atom stereocenters. The number of fused-ring (bicyclic) bond motifs is 1. The molecule has 4 aliphatic rings. The normalized spacial score (nSPS) is 26.3. The standard InChI is InChI=1S/C32H49N5O7/c1-7-15-44-28(42)32(13-9-8-10-14-32)36-29(43)35-24(30(2,3)4)27(41)37-17-19-21(31(19,5)6)22(37)26(40)34-20(16-18-11-12-18)23(38)25(33)39/h7,18-22,24H,1,8-17H2,2-6H3,(H2,33,39)(H,34,40)(H2,35,36,43)/t19-,20?,21-,22-,24+/m0/s1. The van der Waals surface area contributed by atoms with Gasteiger partial charge in [0, 0.05) is 6.54 Å². The third-order valence-corrected chi connectivity index (χ3v) is 10.1. The monoisotopic (exact) mass is 615 g/mol. The first-order valence-electron chi connectivity index (χ1n) is 15.8. The van der Waals surface area contributed by atoms with E-state index >= 15 is 0 Å². The second-order valence-electron chi connectivity index (χ2n) is 14.8. The van der Waals surface area contributed by atoms with Crippen molar-refractivity contribution in [1.82, 2.24) is 20.9 Å². The highest BCUT2D eigenvalue weighted by Gasteiger charge is 2.70. The lowest BCUT2D eigenvalue weighted by Crippen LogP contribution is -2.64. The molecule has 44 heavy (non-hydrogen) atoms. The fourth-order valence-corrected chi connectivity index (χ4v) is 7.17. The lowest BCUT2D eigenvalue weighted by atomic mass is 9.81. The van der Waals surface area contributed by atoms with Gasteiger partial charge in [-0.05, 0) is 47.8 Å². The predicted molar refractivity (Wildman–Crippen MR) is 162 cm³/mol. The van der Waals surface area contributed by atoms with E-state index in [2.05, 4.69) is 22.5 Å². The van der Waals surface area contributed by atoms with Crippen molar-refractivity contribution in [2.24, 2.45) is 34.3 Å². The average Bonchev–Trinajstić information content (AvgIpc) is 3.80. The number of carbonyl (C=O) groups excluding carboxylic acids is 6. The van der Waals surface area contributed by atoms with Gasteiger partial charge in [-0.1, -0.05) is 79.4 Å². The third kappa shape index (κ3) is 6.94. The Kier molecular flexibility index (Phi) is 9.51. The van der Waals surface area contributed by atoms with Crippen LogP contribution < -0.4 is 21.7 Å².